The fraction of sp³-hybridized carbons (Fsp3) is 0.485. The van der Waals surface area contributed by atoms with Gasteiger partial charge in [-0.05, 0) is 61.9 Å². The molecule has 1 amide bonds. The van der Waals surface area contributed by atoms with Crippen molar-refractivity contribution >= 4 is 11.6 Å². The summed E-state index contributed by atoms with van der Waals surface area (Å²) >= 11 is 0. The number of ether oxygens (including phenoxy) is 1. The lowest BCUT2D eigenvalue weighted by atomic mass is 9.64. The molecule has 0 radical (unpaired) electrons. The number of hydrazine groups is 1. The summed E-state index contributed by atoms with van der Waals surface area (Å²) in [6.45, 7) is 6.92. The number of piperazine rings is 1. The summed E-state index contributed by atoms with van der Waals surface area (Å²) in [6, 6.07) is 19.2. The molecule has 1 aliphatic carbocycles. The number of carbonyl (C=O) groups excluding carboxylic acids is 1. The van der Waals surface area contributed by atoms with Gasteiger partial charge in [-0.15, -0.1) is 0 Å². The molecular weight excluding hydrogens is 484 g/mol. The third-order valence-corrected chi connectivity index (χ3v) is 9.16. The summed E-state index contributed by atoms with van der Waals surface area (Å²) in [5, 5.41) is 4.39. The Labute approximate surface area is 233 Å². The number of nitrogens with zero attached hydrogens (tertiary/aromatic N) is 4. The number of fused-ring (bicyclic) bond motifs is 1. The van der Waals surface area contributed by atoms with Crippen LogP contribution in [0.5, 0.6) is 5.75 Å². The van der Waals surface area contributed by atoms with Crippen molar-refractivity contribution < 1.29 is 9.53 Å². The van der Waals surface area contributed by atoms with Crippen molar-refractivity contribution in [2.45, 2.75) is 50.4 Å². The quantitative estimate of drug-likeness (QED) is 0.484. The molecule has 3 saturated heterocycles. The zero-order chi connectivity index (χ0) is 26.7. The first-order chi connectivity index (χ1) is 19.2. The van der Waals surface area contributed by atoms with Gasteiger partial charge in [0.1, 0.15) is 5.75 Å². The molecule has 1 unspecified atom stereocenters. The van der Waals surface area contributed by atoms with Crippen molar-refractivity contribution in [2.24, 2.45) is 0 Å². The van der Waals surface area contributed by atoms with E-state index < -0.39 is 0 Å². The number of hydrogen-bond acceptors (Lipinski definition) is 5. The summed E-state index contributed by atoms with van der Waals surface area (Å²) in [5.74, 6) is 1.20. The molecule has 3 fully saturated rings. The lowest BCUT2D eigenvalue weighted by Gasteiger charge is -2.50. The summed E-state index contributed by atoms with van der Waals surface area (Å²) < 4.78 is 5.62. The second-order valence-corrected chi connectivity index (χ2v) is 11.4. The van der Waals surface area contributed by atoms with Crippen LogP contribution in [0.2, 0.25) is 0 Å². The smallest absolute Gasteiger partial charge is 0.242 e. The predicted molar refractivity (Wildman–Crippen MR) is 157 cm³/mol. The molecule has 2 aromatic carbocycles. The number of amides is 1. The molecule has 4 aliphatic rings. The van der Waals surface area contributed by atoms with E-state index in [1.54, 1.807) is 7.11 Å². The van der Waals surface area contributed by atoms with Gasteiger partial charge >= 0.3 is 0 Å². The molecule has 206 valence electrons. The molecule has 3 heterocycles. The largest absolute Gasteiger partial charge is 0.495 e. The Hall–Kier alpha value is -3.09. The lowest BCUT2D eigenvalue weighted by Crippen LogP contribution is -2.56. The molecule has 6 nitrogen and oxygen atoms in total. The first kappa shape index (κ1) is 26.1. The second-order valence-electron chi connectivity index (χ2n) is 11.4. The molecule has 39 heavy (non-hydrogen) atoms. The van der Waals surface area contributed by atoms with Crippen LogP contribution in [0.25, 0.3) is 0 Å². The number of hydrogen-bond donors (Lipinski definition) is 0. The normalized spacial score (nSPS) is 24.7. The number of allylic oxidation sites excluding steroid dienone is 3. The first-order valence-corrected chi connectivity index (χ1v) is 14.8. The van der Waals surface area contributed by atoms with Crippen molar-refractivity contribution in [3.63, 3.8) is 0 Å². The maximum Gasteiger partial charge on any atom is 0.242 e. The van der Waals surface area contributed by atoms with Crippen LogP contribution in [0.15, 0.2) is 78.0 Å². The van der Waals surface area contributed by atoms with Crippen molar-refractivity contribution in [3.8, 4) is 5.75 Å². The summed E-state index contributed by atoms with van der Waals surface area (Å²) in [5.41, 5.74) is 4.71. The summed E-state index contributed by atoms with van der Waals surface area (Å²) in [7, 11) is 1.75. The number of rotatable bonds is 7. The molecule has 3 aliphatic heterocycles. The molecule has 0 saturated carbocycles. The molecule has 6 rings (SSSR count). The highest BCUT2D eigenvalue weighted by atomic mass is 16.5. The van der Waals surface area contributed by atoms with E-state index in [1.165, 1.54) is 36.1 Å². The molecule has 0 aromatic heterocycles. The minimum Gasteiger partial charge on any atom is -0.495 e. The van der Waals surface area contributed by atoms with Crippen molar-refractivity contribution in [1.82, 2.24) is 14.9 Å². The van der Waals surface area contributed by atoms with E-state index in [4.69, 9.17) is 4.74 Å². The van der Waals surface area contributed by atoms with E-state index in [-0.39, 0.29) is 11.3 Å². The Morgan fingerprint density at radius 1 is 0.821 bits per heavy atom. The molecule has 0 bridgehead atoms. The van der Waals surface area contributed by atoms with Gasteiger partial charge in [0.25, 0.3) is 0 Å². The fourth-order valence-electron chi connectivity index (χ4n) is 7.09. The van der Waals surface area contributed by atoms with E-state index in [0.29, 0.717) is 6.42 Å². The maximum absolute atomic E-state index is 14.0. The van der Waals surface area contributed by atoms with Crippen LogP contribution in [0.3, 0.4) is 0 Å². The minimum atomic E-state index is -0.281. The Bertz CT molecular complexity index is 1210. The number of carbonyl (C=O) groups is 1. The third-order valence-electron chi connectivity index (χ3n) is 9.16. The van der Waals surface area contributed by atoms with Crippen LogP contribution in [-0.2, 0) is 10.2 Å². The van der Waals surface area contributed by atoms with E-state index in [9.17, 15) is 4.79 Å². The predicted octanol–water partition coefficient (Wildman–Crippen LogP) is 5.38. The lowest BCUT2D eigenvalue weighted by molar-refractivity contribution is -0.149. The van der Waals surface area contributed by atoms with Crippen LogP contribution < -0.4 is 9.64 Å². The van der Waals surface area contributed by atoms with Crippen LogP contribution in [-0.4, -0.2) is 73.7 Å². The molecule has 6 heteroatoms. The SMILES string of the molecule is COc1ccccc1N1CCN(CCC2(c3ccccc3)CC(=O)N(N3CCCCC3)C3=CCCC=C32)CC1. The van der Waals surface area contributed by atoms with Gasteiger partial charge in [0, 0.05) is 51.1 Å². The average Bonchev–Trinajstić information content (AvgIpc) is 3.01. The van der Waals surface area contributed by atoms with Gasteiger partial charge in [-0.1, -0.05) is 61.0 Å². The molecule has 0 N–H and O–H groups in total. The summed E-state index contributed by atoms with van der Waals surface area (Å²) in [4.78, 5) is 19.1. The Morgan fingerprint density at radius 2 is 1.54 bits per heavy atom. The number of methoxy groups -OCH3 is 1. The van der Waals surface area contributed by atoms with Gasteiger partial charge in [-0.3, -0.25) is 9.69 Å². The van der Waals surface area contributed by atoms with Crippen molar-refractivity contribution in [1.29, 1.82) is 0 Å². The number of para-hydroxylation sites is 2. The average molecular weight is 527 g/mol. The van der Waals surface area contributed by atoms with Gasteiger partial charge in [-0.2, -0.15) is 0 Å². The van der Waals surface area contributed by atoms with Crippen LogP contribution in [0.4, 0.5) is 5.69 Å². The molecule has 2 aromatic rings. The number of benzene rings is 2. The fourth-order valence-corrected chi connectivity index (χ4v) is 7.09. The van der Waals surface area contributed by atoms with E-state index in [2.05, 4.69) is 74.4 Å². The van der Waals surface area contributed by atoms with E-state index in [0.717, 1.165) is 76.5 Å². The standard InChI is InChI=1S/C33H42N4O2/c1-39-31-17-9-8-16-30(31)35-24-22-34(23-25-35)21-18-33(27-12-4-2-5-13-27)26-32(38)37(36-19-10-3-11-20-36)29-15-7-6-14-28(29)33/h2,4-5,8-9,12-17H,3,6-7,10-11,18-26H2,1H3. The van der Waals surface area contributed by atoms with Crippen LogP contribution in [0.1, 0.15) is 50.5 Å². The zero-order valence-corrected chi connectivity index (χ0v) is 23.4. The number of anilines is 1. The summed E-state index contributed by atoms with van der Waals surface area (Å²) in [6.07, 6.45) is 11.9. The second kappa shape index (κ2) is 11.6. The van der Waals surface area contributed by atoms with Gasteiger partial charge in [0.2, 0.25) is 5.91 Å². The Balaban J connectivity index is 1.23. The topological polar surface area (TPSA) is 39.3 Å². The maximum atomic E-state index is 14.0. The van der Waals surface area contributed by atoms with Gasteiger partial charge in [-0.25, -0.2) is 10.0 Å². The van der Waals surface area contributed by atoms with Crippen molar-refractivity contribution in [3.05, 3.63) is 83.6 Å². The van der Waals surface area contributed by atoms with E-state index >= 15 is 0 Å². The van der Waals surface area contributed by atoms with Crippen molar-refractivity contribution in [2.75, 3.05) is 57.8 Å². The Morgan fingerprint density at radius 3 is 2.31 bits per heavy atom. The van der Waals surface area contributed by atoms with Crippen LogP contribution in [0, 0.1) is 0 Å². The third kappa shape index (κ3) is 5.12. The van der Waals surface area contributed by atoms with Gasteiger partial charge in [0.15, 0.2) is 0 Å². The highest BCUT2D eigenvalue weighted by molar-refractivity contribution is 5.84. The monoisotopic (exact) mass is 526 g/mol. The highest BCUT2D eigenvalue weighted by Gasteiger charge is 2.48. The molecule has 0 spiro atoms. The molecular formula is C33H42N4O2. The first-order valence-electron chi connectivity index (χ1n) is 14.8. The molecule has 1 atom stereocenters. The van der Waals surface area contributed by atoms with E-state index in [1.807, 2.05) is 12.1 Å². The number of piperidine rings is 2. The Kier molecular flexibility index (Phi) is 7.76. The zero-order valence-electron chi connectivity index (χ0n) is 23.4. The minimum absolute atomic E-state index is 0.257. The van der Waals surface area contributed by atoms with Crippen LogP contribution >= 0.6 is 0 Å². The highest BCUT2D eigenvalue weighted by Crippen LogP contribution is 2.49. The van der Waals surface area contributed by atoms with Gasteiger partial charge < -0.3 is 9.64 Å². The van der Waals surface area contributed by atoms with Gasteiger partial charge in [0.05, 0.1) is 18.5 Å².